The second-order valence-corrected chi connectivity index (χ2v) is 9.13. The maximum absolute atomic E-state index is 13.2. The molecule has 3 N–H and O–H groups in total. The van der Waals surface area contributed by atoms with Crippen molar-refractivity contribution in [2.45, 2.75) is 25.6 Å². The molecule has 2 aromatic rings. The molecule has 2 aromatic heterocycles. The number of pyridine rings is 2. The number of fused-ring (bicyclic) bond motifs is 1. The molecule has 0 atom stereocenters. The first-order valence-corrected chi connectivity index (χ1v) is 12.9. The van der Waals surface area contributed by atoms with E-state index in [1.54, 1.807) is 12.0 Å². The lowest BCUT2D eigenvalue weighted by Crippen LogP contribution is -2.47. The molecule has 0 radical (unpaired) electrons. The van der Waals surface area contributed by atoms with Crippen LogP contribution in [0.15, 0.2) is 18.3 Å². The number of anilines is 2. The minimum atomic E-state index is -5.08. The van der Waals surface area contributed by atoms with Crippen molar-refractivity contribution in [1.82, 2.24) is 20.2 Å². The number of nitrogens with zero attached hydrogens (tertiary/aromatic N) is 5. The summed E-state index contributed by atoms with van der Waals surface area (Å²) in [5.74, 6) is -1.89. The van der Waals surface area contributed by atoms with Gasteiger partial charge < -0.3 is 24.8 Å². The second kappa shape index (κ2) is 14.9. The van der Waals surface area contributed by atoms with E-state index in [4.69, 9.17) is 19.4 Å². The number of aldehydes is 1. The molecule has 0 aromatic carbocycles. The van der Waals surface area contributed by atoms with E-state index in [1.165, 1.54) is 17.2 Å². The van der Waals surface area contributed by atoms with E-state index in [-0.39, 0.29) is 41.9 Å². The van der Waals surface area contributed by atoms with E-state index >= 15 is 0 Å². The van der Waals surface area contributed by atoms with Crippen molar-refractivity contribution in [3.8, 4) is 11.8 Å². The molecule has 0 aliphatic carbocycles. The van der Waals surface area contributed by atoms with Gasteiger partial charge in [-0.1, -0.05) is 0 Å². The fourth-order valence-corrected chi connectivity index (χ4v) is 4.12. The zero-order chi connectivity index (χ0) is 31.6. The third-order valence-electron chi connectivity index (χ3n) is 6.19. The van der Waals surface area contributed by atoms with Gasteiger partial charge in [-0.25, -0.2) is 19.6 Å². The van der Waals surface area contributed by atoms with Crippen molar-refractivity contribution in [3.63, 3.8) is 0 Å². The number of piperazine rings is 1. The van der Waals surface area contributed by atoms with Gasteiger partial charge in [-0.05, 0) is 24.5 Å². The highest BCUT2D eigenvalue weighted by atomic mass is 19.4. The summed E-state index contributed by atoms with van der Waals surface area (Å²) in [4.78, 5) is 57.9. The van der Waals surface area contributed by atoms with Crippen LogP contribution in [0.3, 0.4) is 0 Å². The first kappa shape index (κ1) is 32.7. The van der Waals surface area contributed by atoms with Gasteiger partial charge in [0.1, 0.15) is 41.3 Å². The van der Waals surface area contributed by atoms with Crippen molar-refractivity contribution in [1.29, 1.82) is 5.26 Å². The van der Waals surface area contributed by atoms with Gasteiger partial charge in [-0.15, -0.1) is 0 Å². The van der Waals surface area contributed by atoms with E-state index in [0.29, 0.717) is 63.3 Å². The Morgan fingerprint density at radius 3 is 2.65 bits per heavy atom. The lowest BCUT2D eigenvalue weighted by Gasteiger charge is -2.31. The minimum Gasteiger partial charge on any atom is -0.490 e. The molecule has 4 heterocycles. The SMILES string of the molecule is COCCOc1cc(NC(=O)N2CCCc3cc(CN4CCNCC4=O)c(C=O)nc32)ncc1C#N.O=C(O)C(F)(F)F. The summed E-state index contributed by atoms with van der Waals surface area (Å²) < 4.78 is 42.3. The first-order chi connectivity index (χ1) is 20.5. The average Bonchev–Trinajstić information content (AvgIpc) is 2.97. The molecular weight excluding hydrogens is 579 g/mol. The number of rotatable bonds is 8. The third kappa shape index (κ3) is 8.83. The van der Waals surface area contributed by atoms with Crippen LogP contribution in [0.5, 0.6) is 5.75 Å². The number of methoxy groups -OCH3 is 1. The van der Waals surface area contributed by atoms with Crippen molar-refractivity contribution in [3.05, 3.63) is 40.7 Å². The molecule has 43 heavy (non-hydrogen) atoms. The van der Waals surface area contributed by atoms with Crippen LogP contribution in [0, 0.1) is 11.3 Å². The zero-order valence-corrected chi connectivity index (χ0v) is 22.9. The number of carboxylic acids is 1. The predicted molar refractivity (Wildman–Crippen MR) is 143 cm³/mol. The number of aliphatic carboxylic acids is 1. The van der Waals surface area contributed by atoms with E-state index in [2.05, 4.69) is 20.6 Å². The Morgan fingerprint density at radius 2 is 2.02 bits per heavy atom. The molecule has 0 unspecified atom stereocenters. The van der Waals surface area contributed by atoms with Gasteiger partial charge in [0, 0.05) is 44.9 Å². The van der Waals surface area contributed by atoms with Gasteiger partial charge in [-0.2, -0.15) is 18.4 Å². The Bertz CT molecular complexity index is 1400. The largest absolute Gasteiger partial charge is 0.490 e. The maximum Gasteiger partial charge on any atom is 0.490 e. The number of hydrogen-bond acceptors (Lipinski definition) is 10. The molecule has 0 spiro atoms. The summed E-state index contributed by atoms with van der Waals surface area (Å²) in [6.45, 7) is 2.80. The fourth-order valence-electron chi connectivity index (χ4n) is 4.12. The van der Waals surface area contributed by atoms with Crippen molar-refractivity contribution in [2.75, 3.05) is 56.7 Å². The lowest BCUT2D eigenvalue weighted by molar-refractivity contribution is -0.192. The molecule has 2 aliphatic rings. The quantitative estimate of drug-likeness (QED) is 0.293. The number of halogens is 3. The Hall–Kier alpha value is -4.82. The number of ether oxygens (including phenoxy) is 2. The van der Waals surface area contributed by atoms with Crippen molar-refractivity contribution in [2.24, 2.45) is 0 Å². The van der Waals surface area contributed by atoms with Crippen LogP contribution in [0.4, 0.5) is 29.6 Å². The Kier molecular flexibility index (Phi) is 11.3. The normalized spacial score (nSPS) is 14.5. The van der Waals surface area contributed by atoms with Crippen LogP contribution in [-0.2, 0) is 27.3 Å². The van der Waals surface area contributed by atoms with Gasteiger partial charge in [-0.3, -0.25) is 19.8 Å². The topological polar surface area (TPSA) is 187 Å². The Labute approximate surface area is 243 Å². The summed E-state index contributed by atoms with van der Waals surface area (Å²) in [6.07, 6.45) is -1.70. The maximum atomic E-state index is 13.2. The number of aromatic nitrogens is 2. The zero-order valence-electron chi connectivity index (χ0n) is 22.9. The summed E-state index contributed by atoms with van der Waals surface area (Å²) in [5, 5.41) is 22.2. The average molecular weight is 608 g/mol. The molecular formula is C26H28F3N7O7. The second-order valence-electron chi connectivity index (χ2n) is 9.13. The van der Waals surface area contributed by atoms with Crippen LogP contribution in [0.2, 0.25) is 0 Å². The molecule has 3 amide bonds. The molecule has 17 heteroatoms. The molecule has 0 bridgehead atoms. The molecule has 2 aliphatic heterocycles. The fraction of sp³-hybridized carbons (Fsp3) is 0.423. The van der Waals surface area contributed by atoms with Gasteiger partial charge in [0.15, 0.2) is 6.29 Å². The number of nitrogens with one attached hydrogen (secondary N) is 2. The van der Waals surface area contributed by atoms with E-state index in [1.807, 2.05) is 12.1 Å². The number of carbonyl (C=O) groups is 4. The number of carboxylic acid groups (broad SMARTS) is 1. The number of amides is 3. The summed E-state index contributed by atoms with van der Waals surface area (Å²) in [5.41, 5.74) is 1.93. The van der Waals surface area contributed by atoms with Gasteiger partial charge in [0.2, 0.25) is 5.91 Å². The van der Waals surface area contributed by atoms with Crippen molar-refractivity contribution >= 4 is 35.8 Å². The van der Waals surface area contributed by atoms with Crippen LogP contribution < -0.4 is 20.3 Å². The van der Waals surface area contributed by atoms with Crippen molar-refractivity contribution < 1.29 is 46.9 Å². The molecule has 1 fully saturated rings. The number of aryl methyl sites for hydroxylation is 1. The first-order valence-electron chi connectivity index (χ1n) is 12.9. The smallest absolute Gasteiger partial charge is 0.490 e. The molecule has 1 saturated heterocycles. The highest BCUT2D eigenvalue weighted by Crippen LogP contribution is 2.29. The summed E-state index contributed by atoms with van der Waals surface area (Å²) in [7, 11) is 1.54. The summed E-state index contributed by atoms with van der Waals surface area (Å²) >= 11 is 0. The van der Waals surface area contributed by atoms with Crippen LogP contribution in [-0.4, -0.2) is 96.8 Å². The van der Waals surface area contributed by atoms with Crippen LogP contribution in [0.25, 0.3) is 0 Å². The standard InChI is InChI=1S/C24H27N7O5.C2HF3O2/c1-35-7-8-36-20-10-21(27-12-18(20)11-25)29-24(34)31-5-2-3-16-9-17(19(15-32)28-23(16)31)14-30-6-4-26-13-22(30)33;3-2(4,5)1(6)7/h9-10,12,15,26H,2-8,13-14H2,1H3,(H,27,29,34);(H,6,7). The highest BCUT2D eigenvalue weighted by molar-refractivity contribution is 6.01. The van der Waals surface area contributed by atoms with Crippen LogP contribution in [0.1, 0.15) is 33.6 Å². The molecule has 14 nitrogen and oxygen atoms in total. The monoisotopic (exact) mass is 607 g/mol. The van der Waals surface area contributed by atoms with Gasteiger partial charge in [0.05, 0.1) is 19.3 Å². The number of carbonyl (C=O) groups excluding carboxylic acids is 3. The number of nitriles is 1. The predicted octanol–water partition coefficient (Wildman–Crippen LogP) is 1.74. The van der Waals surface area contributed by atoms with E-state index in [9.17, 15) is 32.8 Å². The molecule has 4 rings (SSSR count). The van der Waals surface area contributed by atoms with E-state index in [0.717, 1.165) is 5.56 Å². The van der Waals surface area contributed by atoms with Gasteiger partial charge >= 0.3 is 18.2 Å². The molecule has 230 valence electrons. The van der Waals surface area contributed by atoms with E-state index < -0.39 is 18.2 Å². The minimum absolute atomic E-state index is 0.0303. The number of hydrogen-bond donors (Lipinski definition) is 3. The molecule has 0 saturated carbocycles. The summed E-state index contributed by atoms with van der Waals surface area (Å²) in [6, 6.07) is 4.88. The Balaban J connectivity index is 0.000000646. The van der Waals surface area contributed by atoms with Crippen LogP contribution >= 0.6 is 0 Å². The Morgan fingerprint density at radius 1 is 1.28 bits per heavy atom. The third-order valence-corrected chi connectivity index (χ3v) is 6.19. The number of alkyl halides is 3. The highest BCUT2D eigenvalue weighted by Gasteiger charge is 2.38. The number of urea groups is 1. The van der Waals surface area contributed by atoms with Gasteiger partial charge in [0.25, 0.3) is 0 Å². The lowest BCUT2D eigenvalue weighted by atomic mass is 10.0.